The van der Waals surface area contributed by atoms with Gasteiger partial charge in [0, 0.05) is 25.9 Å². The van der Waals surface area contributed by atoms with E-state index in [2.05, 4.69) is 4.98 Å². The molecule has 0 amide bonds. The maximum atomic E-state index is 12.5. The molecule has 0 aliphatic carbocycles. The standard InChI is InChI=1S/C14H19F3N2O/c1-2-20-10-11-4-3-7-19(9-11)13-6-5-12(8-18-13)14(15,16)17/h5-6,8,11H,2-4,7,9-10H2,1H3. The van der Waals surface area contributed by atoms with E-state index < -0.39 is 11.7 Å². The molecule has 20 heavy (non-hydrogen) atoms. The first kappa shape index (κ1) is 15.1. The van der Waals surface area contributed by atoms with Gasteiger partial charge in [-0.3, -0.25) is 0 Å². The number of pyridine rings is 1. The van der Waals surface area contributed by atoms with E-state index in [-0.39, 0.29) is 0 Å². The molecule has 2 rings (SSSR count). The van der Waals surface area contributed by atoms with E-state index in [1.54, 1.807) is 0 Å². The lowest BCUT2D eigenvalue weighted by atomic mass is 9.99. The van der Waals surface area contributed by atoms with Crippen LogP contribution < -0.4 is 4.90 Å². The predicted molar refractivity (Wildman–Crippen MR) is 70.7 cm³/mol. The van der Waals surface area contributed by atoms with Gasteiger partial charge in [-0.05, 0) is 37.8 Å². The van der Waals surface area contributed by atoms with Gasteiger partial charge in [-0.25, -0.2) is 4.98 Å². The van der Waals surface area contributed by atoms with E-state index in [4.69, 9.17) is 4.74 Å². The van der Waals surface area contributed by atoms with Crippen LogP contribution in [0.1, 0.15) is 25.3 Å². The maximum Gasteiger partial charge on any atom is 0.417 e. The van der Waals surface area contributed by atoms with Crippen LogP contribution in [0.15, 0.2) is 18.3 Å². The predicted octanol–water partition coefficient (Wildman–Crippen LogP) is 3.35. The van der Waals surface area contributed by atoms with E-state index in [1.807, 2.05) is 11.8 Å². The molecule has 1 unspecified atom stereocenters. The summed E-state index contributed by atoms with van der Waals surface area (Å²) in [5.41, 5.74) is -0.705. The minimum atomic E-state index is -4.33. The van der Waals surface area contributed by atoms with Gasteiger partial charge in [0.05, 0.1) is 12.2 Å². The number of hydrogen-bond donors (Lipinski definition) is 0. The highest BCUT2D eigenvalue weighted by molar-refractivity contribution is 5.40. The molecular formula is C14H19F3N2O. The monoisotopic (exact) mass is 288 g/mol. The number of anilines is 1. The third-order valence-corrected chi connectivity index (χ3v) is 3.48. The molecule has 1 atom stereocenters. The van der Waals surface area contributed by atoms with E-state index in [1.165, 1.54) is 6.07 Å². The van der Waals surface area contributed by atoms with E-state index >= 15 is 0 Å². The van der Waals surface area contributed by atoms with Gasteiger partial charge in [0.1, 0.15) is 5.82 Å². The summed E-state index contributed by atoms with van der Waals surface area (Å²) in [5.74, 6) is 1.03. The minimum absolute atomic E-state index is 0.424. The number of piperidine rings is 1. The summed E-state index contributed by atoms with van der Waals surface area (Å²) in [4.78, 5) is 5.98. The third-order valence-electron chi connectivity index (χ3n) is 3.48. The second kappa shape index (κ2) is 6.43. The molecule has 1 saturated heterocycles. The molecule has 0 radical (unpaired) electrons. The quantitative estimate of drug-likeness (QED) is 0.849. The van der Waals surface area contributed by atoms with Gasteiger partial charge in [-0.2, -0.15) is 13.2 Å². The number of aromatic nitrogens is 1. The van der Waals surface area contributed by atoms with Crippen molar-refractivity contribution in [3.63, 3.8) is 0 Å². The fourth-order valence-electron chi connectivity index (χ4n) is 2.43. The minimum Gasteiger partial charge on any atom is -0.381 e. The highest BCUT2D eigenvalue weighted by Crippen LogP contribution is 2.30. The molecule has 112 valence electrons. The summed E-state index contributed by atoms with van der Waals surface area (Å²) in [6.07, 6.45) is -1.32. The molecular weight excluding hydrogens is 269 g/mol. The van der Waals surface area contributed by atoms with Crippen molar-refractivity contribution in [2.45, 2.75) is 25.9 Å². The molecule has 0 bridgehead atoms. The van der Waals surface area contributed by atoms with E-state index in [0.717, 1.165) is 38.2 Å². The number of alkyl halides is 3. The Kier molecular flexibility index (Phi) is 4.86. The summed E-state index contributed by atoms with van der Waals surface area (Å²) in [6, 6.07) is 2.54. The highest BCUT2D eigenvalue weighted by Gasteiger charge is 2.31. The first-order valence-electron chi connectivity index (χ1n) is 6.86. The van der Waals surface area contributed by atoms with Crippen molar-refractivity contribution in [1.82, 2.24) is 4.98 Å². The topological polar surface area (TPSA) is 25.4 Å². The zero-order valence-corrected chi connectivity index (χ0v) is 11.5. The van der Waals surface area contributed by atoms with Crippen LogP contribution in [0, 0.1) is 5.92 Å². The van der Waals surface area contributed by atoms with Crippen LogP contribution in [0.3, 0.4) is 0 Å². The second-order valence-electron chi connectivity index (χ2n) is 5.02. The molecule has 0 aromatic carbocycles. The average molecular weight is 288 g/mol. The molecule has 6 heteroatoms. The molecule has 3 nitrogen and oxygen atoms in total. The Labute approximate surface area is 116 Å². The molecule has 1 aromatic rings. The van der Waals surface area contributed by atoms with Gasteiger partial charge < -0.3 is 9.64 Å². The second-order valence-corrected chi connectivity index (χ2v) is 5.02. The molecule has 1 fully saturated rings. The lowest BCUT2D eigenvalue weighted by Gasteiger charge is -2.33. The Hall–Kier alpha value is -1.30. The van der Waals surface area contributed by atoms with Gasteiger partial charge in [0.25, 0.3) is 0 Å². The number of ether oxygens (including phenoxy) is 1. The summed E-state index contributed by atoms with van der Waals surface area (Å²) >= 11 is 0. The molecule has 1 aromatic heterocycles. The maximum absolute atomic E-state index is 12.5. The first-order valence-corrected chi connectivity index (χ1v) is 6.86. The zero-order valence-electron chi connectivity index (χ0n) is 11.5. The summed E-state index contributed by atoms with van der Waals surface area (Å²) < 4.78 is 42.9. The van der Waals surface area contributed by atoms with Crippen molar-refractivity contribution in [3.8, 4) is 0 Å². The van der Waals surface area contributed by atoms with Crippen LogP contribution >= 0.6 is 0 Å². The van der Waals surface area contributed by atoms with Crippen LogP contribution in [0.2, 0.25) is 0 Å². The van der Waals surface area contributed by atoms with Crippen LogP contribution in [-0.2, 0) is 10.9 Å². The average Bonchev–Trinajstić information content (AvgIpc) is 2.45. The number of halogens is 3. The van der Waals surface area contributed by atoms with E-state index in [0.29, 0.717) is 24.9 Å². The molecule has 0 N–H and O–H groups in total. The fourth-order valence-corrected chi connectivity index (χ4v) is 2.43. The van der Waals surface area contributed by atoms with Crippen LogP contribution in [0.5, 0.6) is 0 Å². The van der Waals surface area contributed by atoms with Crippen LogP contribution in [0.25, 0.3) is 0 Å². The lowest BCUT2D eigenvalue weighted by Crippen LogP contribution is -2.37. The van der Waals surface area contributed by atoms with Crippen molar-refractivity contribution < 1.29 is 17.9 Å². The Morgan fingerprint density at radius 2 is 2.20 bits per heavy atom. The Morgan fingerprint density at radius 1 is 1.40 bits per heavy atom. The summed E-state index contributed by atoms with van der Waals surface area (Å²) in [6.45, 7) is 4.97. The lowest BCUT2D eigenvalue weighted by molar-refractivity contribution is -0.137. The first-order chi connectivity index (χ1) is 9.50. The van der Waals surface area contributed by atoms with Crippen molar-refractivity contribution in [3.05, 3.63) is 23.9 Å². The van der Waals surface area contributed by atoms with Crippen LogP contribution in [0.4, 0.5) is 19.0 Å². The Morgan fingerprint density at radius 3 is 2.80 bits per heavy atom. The van der Waals surface area contributed by atoms with Crippen molar-refractivity contribution in [2.24, 2.45) is 5.92 Å². The van der Waals surface area contributed by atoms with Crippen LogP contribution in [-0.4, -0.2) is 31.3 Å². The van der Waals surface area contributed by atoms with Gasteiger partial charge >= 0.3 is 6.18 Å². The number of rotatable bonds is 4. The normalized spacial score (nSPS) is 20.2. The van der Waals surface area contributed by atoms with Gasteiger partial charge in [-0.15, -0.1) is 0 Å². The molecule has 1 aliphatic heterocycles. The van der Waals surface area contributed by atoms with Gasteiger partial charge in [0.15, 0.2) is 0 Å². The van der Waals surface area contributed by atoms with Crippen molar-refractivity contribution in [2.75, 3.05) is 31.2 Å². The zero-order chi connectivity index (χ0) is 14.6. The fraction of sp³-hybridized carbons (Fsp3) is 0.643. The SMILES string of the molecule is CCOCC1CCCN(c2ccc(C(F)(F)F)cn2)C1. The Bertz CT molecular complexity index is 419. The van der Waals surface area contributed by atoms with Crippen molar-refractivity contribution in [1.29, 1.82) is 0 Å². The smallest absolute Gasteiger partial charge is 0.381 e. The molecule has 0 spiro atoms. The highest BCUT2D eigenvalue weighted by atomic mass is 19.4. The van der Waals surface area contributed by atoms with E-state index in [9.17, 15) is 13.2 Å². The van der Waals surface area contributed by atoms with Crippen molar-refractivity contribution >= 4 is 5.82 Å². The molecule has 2 heterocycles. The number of hydrogen-bond acceptors (Lipinski definition) is 3. The Balaban J connectivity index is 2.00. The molecule has 1 aliphatic rings. The summed E-state index contributed by atoms with van der Waals surface area (Å²) in [5, 5.41) is 0. The largest absolute Gasteiger partial charge is 0.417 e. The third kappa shape index (κ3) is 3.85. The van der Waals surface area contributed by atoms with Gasteiger partial charge in [-0.1, -0.05) is 0 Å². The molecule has 0 saturated carbocycles. The number of nitrogens with zero attached hydrogens (tertiary/aromatic N) is 2. The summed E-state index contributed by atoms with van der Waals surface area (Å²) in [7, 11) is 0. The van der Waals surface area contributed by atoms with Gasteiger partial charge in [0.2, 0.25) is 0 Å².